The Morgan fingerprint density at radius 3 is 1.17 bits per heavy atom. The van der Waals surface area contributed by atoms with Crippen LogP contribution in [0.5, 0.6) is 0 Å². The van der Waals surface area contributed by atoms with Crippen LogP contribution < -0.4 is 5.73 Å². The summed E-state index contributed by atoms with van der Waals surface area (Å²) in [6.07, 6.45) is 38.4. The van der Waals surface area contributed by atoms with Gasteiger partial charge >= 0.3 is 19.8 Å². The molecule has 2 unspecified atom stereocenters. The Morgan fingerprint density at radius 1 is 0.500 bits per heavy atom. The van der Waals surface area contributed by atoms with Crippen molar-refractivity contribution in [2.75, 3.05) is 26.4 Å². The smallest absolute Gasteiger partial charge is 0.462 e. The molecule has 0 heterocycles. The van der Waals surface area contributed by atoms with Crippen LogP contribution in [0.4, 0.5) is 0 Å². The largest absolute Gasteiger partial charge is 0.472 e. The van der Waals surface area contributed by atoms with Crippen molar-refractivity contribution >= 4 is 19.8 Å². The molecule has 0 rings (SSSR count). The number of phosphoric acid groups is 1. The fourth-order valence-corrected chi connectivity index (χ4v) is 7.23. The molecule has 0 saturated carbocycles. The monoisotopic (exact) mass is 762 g/mol. The van der Waals surface area contributed by atoms with Gasteiger partial charge in [-0.1, -0.05) is 200 Å². The van der Waals surface area contributed by atoms with E-state index in [0.29, 0.717) is 6.42 Å². The fourth-order valence-electron chi connectivity index (χ4n) is 6.46. The lowest BCUT2D eigenvalue weighted by Gasteiger charge is -2.19. The molecule has 310 valence electrons. The Morgan fingerprint density at radius 2 is 0.827 bits per heavy atom. The standard InChI is InChI=1S/C42H84NO8P/c1-3-5-7-9-11-13-15-17-19-21-22-24-26-28-30-32-34-41(44)48-38-40(39-50-52(46,47)49-37-36-43)51-42(45)35-33-31-29-27-25-23-20-18-16-14-12-10-8-6-4-2/h40H,3-39,43H2,1-2H3,(H,46,47). The molecule has 0 aromatic rings. The summed E-state index contributed by atoms with van der Waals surface area (Å²) in [5.41, 5.74) is 5.35. The second-order valence-electron chi connectivity index (χ2n) is 14.9. The first-order valence-electron chi connectivity index (χ1n) is 22.0. The van der Waals surface area contributed by atoms with Gasteiger partial charge in [0.25, 0.3) is 0 Å². The molecule has 9 nitrogen and oxygen atoms in total. The van der Waals surface area contributed by atoms with Crippen LogP contribution in [0.3, 0.4) is 0 Å². The van der Waals surface area contributed by atoms with Gasteiger partial charge in [-0.15, -0.1) is 0 Å². The summed E-state index contributed by atoms with van der Waals surface area (Å²) in [5, 5.41) is 0. The molecule has 0 aliphatic heterocycles. The third-order valence-electron chi connectivity index (χ3n) is 9.74. The molecule has 0 aromatic carbocycles. The quantitative estimate of drug-likeness (QED) is 0.0354. The first kappa shape index (κ1) is 51.0. The Labute approximate surface area is 320 Å². The van der Waals surface area contributed by atoms with E-state index in [4.69, 9.17) is 24.3 Å². The third-order valence-corrected chi connectivity index (χ3v) is 10.7. The van der Waals surface area contributed by atoms with Gasteiger partial charge in [0, 0.05) is 19.4 Å². The number of unbranched alkanes of at least 4 members (excludes halogenated alkanes) is 29. The number of hydrogen-bond acceptors (Lipinski definition) is 8. The number of esters is 2. The molecule has 0 radical (unpaired) electrons. The molecule has 52 heavy (non-hydrogen) atoms. The lowest BCUT2D eigenvalue weighted by Crippen LogP contribution is -2.29. The third kappa shape index (κ3) is 38.7. The summed E-state index contributed by atoms with van der Waals surface area (Å²) in [4.78, 5) is 34.8. The number of carbonyl (C=O) groups is 2. The molecule has 10 heteroatoms. The van der Waals surface area contributed by atoms with Crippen molar-refractivity contribution in [1.82, 2.24) is 0 Å². The molecular formula is C42H84NO8P. The Kier molecular flexibility index (Phi) is 38.9. The fraction of sp³-hybridized carbons (Fsp3) is 0.952. The maximum Gasteiger partial charge on any atom is 0.472 e. The molecule has 2 atom stereocenters. The minimum Gasteiger partial charge on any atom is -0.462 e. The van der Waals surface area contributed by atoms with Crippen LogP contribution in [0.25, 0.3) is 0 Å². The number of rotatable bonds is 42. The Bertz CT molecular complexity index is 830. The molecule has 0 amide bonds. The van der Waals surface area contributed by atoms with E-state index in [0.717, 1.165) is 32.1 Å². The highest BCUT2D eigenvalue weighted by Crippen LogP contribution is 2.43. The summed E-state index contributed by atoms with van der Waals surface area (Å²) in [7, 11) is -4.37. The maximum atomic E-state index is 12.6. The van der Waals surface area contributed by atoms with Crippen LogP contribution in [0, 0.1) is 0 Å². The number of ether oxygens (including phenoxy) is 2. The van der Waals surface area contributed by atoms with Crippen molar-refractivity contribution in [3.63, 3.8) is 0 Å². The molecule has 0 bridgehead atoms. The van der Waals surface area contributed by atoms with E-state index in [2.05, 4.69) is 13.8 Å². The zero-order valence-electron chi connectivity index (χ0n) is 34.1. The van der Waals surface area contributed by atoms with Crippen molar-refractivity contribution < 1.29 is 37.6 Å². The molecule has 0 fully saturated rings. The number of hydrogen-bond donors (Lipinski definition) is 2. The van der Waals surface area contributed by atoms with E-state index < -0.39 is 26.5 Å². The van der Waals surface area contributed by atoms with E-state index in [1.165, 1.54) is 161 Å². The van der Waals surface area contributed by atoms with Gasteiger partial charge in [0.2, 0.25) is 0 Å². The van der Waals surface area contributed by atoms with Gasteiger partial charge < -0.3 is 20.1 Å². The van der Waals surface area contributed by atoms with Crippen LogP contribution in [0.1, 0.15) is 226 Å². The number of phosphoric ester groups is 1. The molecule has 0 aliphatic carbocycles. The van der Waals surface area contributed by atoms with Crippen LogP contribution >= 0.6 is 7.82 Å². The molecule has 3 N–H and O–H groups in total. The van der Waals surface area contributed by atoms with Gasteiger partial charge in [-0.3, -0.25) is 18.6 Å². The molecule has 0 spiro atoms. The van der Waals surface area contributed by atoms with E-state index in [1.807, 2.05) is 0 Å². The van der Waals surface area contributed by atoms with Crippen molar-refractivity contribution in [1.29, 1.82) is 0 Å². The molecule has 0 saturated heterocycles. The first-order valence-corrected chi connectivity index (χ1v) is 23.5. The van der Waals surface area contributed by atoms with Crippen molar-refractivity contribution in [2.24, 2.45) is 5.73 Å². The molecule has 0 aliphatic rings. The second-order valence-corrected chi connectivity index (χ2v) is 16.4. The average molecular weight is 762 g/mol. The first-order chi connectivity index (χ1) is 25.3. The summed E-state index contributed by atoms with van der Waals surface area (Å²) in [5.74, 6) is -0.812. The summed E-state index contributed by atoms with van der Waals surface area (Å²) >= 11 is 0. The molecule has 0 aromatic heterocycles. The van der Waals surface area contributed by atoms with Gasteiger partial charge in [0.1, 0.15) is 6.61 Å². The van der Waals surface area contributed by atoms with Gasteiger partial charge in [-0.25, -0.2) is 4.57 Å². The van der Waals surface area contributed by atoms with Gasteiger partial charge in [0.15, 0.2) is 6.10 Å². The van der Waals surface area contributed by atoms with Crippen molar-refractivity contribution in [3.8, 4) is 0 Å². The SMILES string of the molecule is CCCCCCCCCCCCCCCCCCC(=O)OCC(COP(=O)(O)OCCN)OC(=O)CCCCCCCCCCCCCCCCC. The van der Waals surface area contributed by atoms with Gasteiger partial charge in [-0.05, 0) is 12.8 Å². The van der Waals surface area contributed by atoms with Crippen LogP contribution in [0.15, 0.2) is 0 Å². The summed E-state index contributed by atoms with van der Waals surface area (Å²) < 4.78 is 32.8. The number of carbonyl (C=O) groups excluding carboxylic acids is 2. The van der Waals surface area contributed by atoms with Crippen molar-refractivity contribution in [2.45, 2.75) is 232 Å². The van der Waals surface area contributed by atoms with E-state index in [1.54, 1.807) is 0 Å². The van der Waals surface area contributed by atoms with Crippen molar-refractivity contribution in [3.05, 3.63) is 0 Å². The Hall–Kier alpha value is -0.990. The van der Waals surface area contributed by atoms with E-state index in [-0.39, 0.29) is 38.6 Å². The summed E-state index contributed by atoms with van der Waals surface area (Å²) in [6.45, 7) is 3.78. The van der Waals surface area contributed by atoms with E-state index in [9.17, 15) is 19.0 Å². The normalized spacial score (nSPS) is 13.2. The number of nitrogens with two attached hydrogens (primary N) is 1. The highest BCUT2D eigenvalue weighted by atomic mass is 31.2. The zero-order valence-corrected chi connectivity index (χ0v) is 35.0. The lowest BCUT2D eigenvalue weighted by atomic mass is 10.0. The topological polar surface area (TPSA) is 134 Å². The summed E-state index contributed by atoms with van der Waals surface area (Å²) in [6, 6.07) is 0. The maximum absolute atomic E-state index is 12.6. The zero-order chi connectivity index (χ0) is 38.2. The minimum atomic E-state index is -4.37. The predicted molar refractivity (Wildman–Crippen MR) is 215 cm³/mol. The van der Waals surface area contributed by atoms with E-state index >= 15 is 0 Å². The molecular weight excluding hydrogens is 677 g/mol. The van der Waals surface area contributed by atoms with Crippen LogP contribution in [-0.4, -0.2) is 49.3 Å². The van der Waals surface area contributed by atoms with Gasteiger partial charge in [0.05, 0.1) is 13.2 Å². The highest BCUT2D eigenvalue weighted by Gasteiger charge is 2.26. The highest BCUT2D eigenvalue weighted by molar-refractivity contribution is 7.47. The van der Waals surface area contributed by atoms with Gasteiger partial charge in [-0.2, -0.15) is 0 Å². The van der Waals surface area contributed by atoms with Crippen LogP contribution in [0.2, 0.25) is 0 Å². The van der Waals surface area contributed by atoms with Crippen LogP contribution in [-0.2, 0) is 32.7 Å². The Balaban J connectivity index is 4.09. The lowest BCUT2D eigenvalue weighted by molar-refractivity contribution is -0.161. The second kappa shape index (κ2) is 39.7. The minimum absolute atomic E-state index is 0.0581. The average Bonchev–Trinajstić information content (AvgIpc) is 3.13. The predicted octanol–water partition coefficient (Wildman–Crippen LogP) is 12.4.